The fourth-order valence-electron chi connectivity index (χ4n) is 2.82. The van der Waals surface area contributed by atoms with Gasteiger partial charge >= 0.3 is 0 Å². The van der Waals surface area contributed by atoms with E-state index in [9.17, 15) is 9.59 Å². The molecule has 2 aromatic carbocycles. The minimum Gasteiger partial charge on any atom is -0.497 e. The van der Waals surface area contributed by atoms with Gasteiger partial charge in [0.05, 0.1) is 18.4 Å². The maximum absolute atomic E-state index is 12.7. The standard InChI is InChI=1S/C20H19N3O3/c1-26-15-6-7-17(16(11-15)20(25)22-14-4-5-14)23-19(24)13-3-2-12-8-9-21-18(12)10-13/h2-3,6-11,14,21H,4-5H2,1H3,(H,22,25)(H,23,24). The number of amides is 2. The molecule has 1 aromatic heterocycles. The first-order valence-corrected chi connectivity index (χ1v) is 8.51. The van der Waals surface area contributed by atoms with Crippen LogP contribution in [0.2, 0.25) is 0 Å². The van der Waals surface area contributed by atoms with Gasteiger partial charge in [-0.1, -0.05) is 6.07 Å². The van der Waals surface area contributed by atoms with E-state index in [2.05, 4.69) is 15.6 Å². The van der Waals surface area contributed by atoms with Crippen LogP contribution in [-0.2, 0) is 0 Å². The SMILES string of the molecule is COc1ccc(NC(=O)c2ccc3cc[nH]c3c2)c(C(=O)NC2CC2)c1. The van der Waals surface area contributed by atoms with E-state index in [1.807, 2.05) is 18.3 Å². The van der Waals surface area contributed by atoms with E-state index in [1.165, 1.54) is 0 Å². The maximum atomic E-state index is 12.7. The van der Waals surface area contributed by atoms with Gasteiger partial charge in [-0.25, -0.2) is 0 Å². The van der Waals surface area contributed by atoms with Crippen molar-refractivity contribution in [3.8, 4) is 5.75 Å². The Morgan fingerprint density at radius 3 is 2.69 bits per heavy atom. The van der Waals surface area contributed by atoms with Crippen LogP contribution in [0.25, 0.3) is 10.9 Å². The second-order valence-corrected chi connectivity index (χ2v) is 6.39. The zero-order valence-corrected chi connectivity index (χ0v) is 14.3. The number of hydrogen-bond donors (Lipinski definition) is 3. The van der Waals surface area contributed by atoms with E-state index >= 15 is 0 Å². The lowest BCUT2D eigenvalue weighted by molar-refractivity contribution is 0.0951. The van der Waals surface area contributed by atoms with Crippen molar-refractivity contribution >= 4 is 28.4 Å². The number of carbonyl (C=O) groups excluding carboxylic acids is 2. The number of aromatic amines is 1. The van der Waals surface area contributed by atoms with Crippen molar-refractivity contribution in [2.45, 2.75) is 18.9 Å². The van der Waals surface area contributed by atoms with E-state index in [0.29, 0.717) is 22.6 Å². The Morgan fingerprint density at radius 1 is 1.08 bits per heavy atom. The van der Waals surface area contributed by atoms with E-state index in [0.717, 1.165) is 23.7 Å². The quantitative estimate of drug-likeness (QED) is 0.661. The molecular weight excluding hydrogens is 330 g/mol. The topological polar surface area (TPSA) is 83.2 Å². The van der Waals surface area contributed by atoms with E-state index in [-0.39, 0.29) is 17.9 Å². The second-order valence-electron chi connectivity index (χ2n) is 6.39. The fraction of sp³-hybridized carbons (Fsp3) is 0.200. The molecule has 4 rings (SSSR count). The van der Waals surface area contributed by atoms with Crippen LogP contribution in [0, 0.1) is 0 Å². The number of ether oxygens (including phenoxy) is 1. The van der Waals surface area contributed by atoms with Crippen molar-refractivity contribution in [3.63, 3.8) is 0 Å². The zero-order valence-electron chi connectivity index (χ0n) is 14.3. The Morgan fingerprint density at radius 2 is 1.92 bits per heavy atom. The first-order chi connectivity index (χ1) is 12.6. The van der Waals surface area contributed by atoms with Gasteiger partial charge < -0.3 is 20.4 Å². The highest BCUT2D eigenvalue weighted by Gasteiger charge is 2.25. The van der Waals surface area contributed by atoms with Gasteiger partial charge in [-0.15, -0.1) is 0 Å². The Bertz CT molecular complexity index is 989. The van der Waals surface area contributed by atoms with Crippen LogP contribution in [0.4, 0.5) is 5.69 Å². The van der Waals surface area contributed by atoms with Gasteiger partial charge in [0.1, 0.15) is 5.75 Å². The molecule has 1 aliphatic rings. The average molecular weight is 349 g/mol. The summed E-state index contributed by atoms with van der Waals surface area (Å²) >= 11 is 0. The van der Waals surface area contributed by atoms with Gasteiger partial charge in [0.15, 0.2) is 0 Å². The Balaban J connectivity index is 1.61. The molecule has 1 heterocycles. The third kappa shape index (κ3) is 3.26. The Kier molecular flexibility index (Phi) is 4.08. The van der Waals surface area contributed by atoms with Crippen LogP contribution >= 0.6 is 0 Å². The highest BCUT2D eigenvalue weighted by molar-refractivity contribution is 6.10. The van der Waals surface area contributed by atoms with Crippen molar-refractivity contribution in [3.05, 3.63) is 59.8 Å². The molecule has 1 saturated carbocycles. The number of methoxy groups -OCH3 is 1. The number of anilines is 1. The number of carbonyl (C=O) groups is 2. The van der Waals surface area contributed by atoms with Crippen LogP contribution < -0.4 is 15.4 Å². The molecule has 0 radical (unpaired) electrons. The molecule has 0 aliphatic heterocycles. The van der Waals surface area contributed by atoms with Gasteiger partial charge in [-0.2, -0.15) is 0 Å². The summed E-state index contributed by atoms with van der Waals surface area (Å²) in [4.78, 5) is 28.3. The second kappa shape index (κ2) is 6.55. The van der Waals surface area contributed by atoms with Crippen molar-refractivity contribution in [1.82, 2.24) is 10.3 Å². The third-order valence-electron chi connectivity index (χ3n) is 4.45. The zero-order chi connectivity index (χ0) is 18.1. The number of rotatable bonds is 5. The molecule has 6 nitrogen and oxygen atoms in total. The summed E-state index contributed by atoms with van der Waals surface area (Å²) in [5.74, 6) is 0.0883. The highest BCUT2D eigenvalue weighted by Crippen LogP contribution is 2.25. The molecule has 1 aliphatic carbocycles. The lowest BCUT2D eigenvalue weighted by Gasteiger charge is -2.13. The summed E-state index contributed by atoms with van der Waals surface area (Å²) < 4.78 is 5.21. The largest absolute Gasteiger partial charge is 0.497 e. The molecule has 2 amide bonds. The minimum absolute atomic E-state index is 0.207. The minimum atomic E-state index is -0.271. The van der Waals surface area contributed by atoms with Crippen LogP contribution in [0.1, 0.15) is 33.6 Å². The van der Waals surface area contributed by atoms with Crippen molar-refractivity contribution in [2.24, 2.45) is 0 Å². The van der Waals surface area contributed by atoms with Crippen molar-refractivity contribution < 1.29 is 14.3 Å². The number of aromatic nitrogens is 1. The third-order valence-corrected chi connectivity index (χ3v) is 4.45. The number of hydrogen-bond acceptors (Lipinski definition) is 3. The molecule has 0 saturated heterocycles. The van der Waals surface area contributed by atoms with Crippen LogP contribution in [0.15, 0.2) is 48.7 Å². The predicted octanol–water partition coefficient (Wildman–Crippen LogP) is 3.32. The first kappa shape index (κ1) is 16.2. The number of fused-ring (bicyclic) bond motifs is 1. The van der Waals surface area contributed by atoms with Crippen LogP contribution in [0.5, 0.6) is 5.75 Å². The highest BCUT2D eigenvalue weighted by atomic mass is 16.5. The molecule has 0 bridgehead atoms. The van der Waals surface area contributed by atoms with Gasteiger partial charge in [0.2, 0.25) is 0 Å². The maximum Gasteiger partial charge on any atom is 0.255 e. The smallest absolute Gasteiger partial charge is 0.255 e. The van der Waals surface area contributed by atoms with E-state index < -0.39 is 0 Å². The first-order valence-electron chi connectivity index (χ1n) is 8.51. The summed E-state index contributed by atoms with van der Waals surface area (Å²) in [6, 6.07) is 12.7. The molecule has 0 atom stereocenters. The van der Waals surface area contributed by atoms with Gasteiger partial charge in [0, 0.05) is 23.3 Å². The molecule has 26 heavy (non-hydrogen) atoms. The lowest BCUT2D eigenvalue weighted by atomic mass is 10.1. The normalized spacial score (nSPS) is 13.4. The van der Waals surface area contributed by atoms with Gasteiger partial charge in [-0.05, 0) is 54.6 Å². The summed E-state index contributed by atoms with van der Waals surface area (Å²) in [6.45, 7) is 0. The van der Waals surface area contributed by atoms with Gasteiger partial charge in [-0.3, -0.25) is 9.59 Å². The molecular formula is C20H19N3O3. The molecule has 1 fully saturated rings. The Hall–Kier alpha value is -3.28. The van der Waals surface area contributed by atoms with Crippen LogP contribution in [-0.4, -0.2) is 29.9 Å². The van der Waals surface area contributed by atoms with E-state index in [4.69, 9.17) is 4.74 Å². The molecule has 3 aromatic rings. The summed E-state index contributed by atoms with van der Waals surface area (Å²) in [5.41, 5.74) is 2.26. The average Bonchev–Trinajstić information content (AvgIpc) is 3.34. The summed E-state index contributed by atoms with van der Waals surface area (Å²) in [6.07, 6.45) is 3.82. The summed E-state index contributed by atoms with van der Waals surface area (Å²) in [7, 11) is 1.54. The van der Waals surface area contributed by atoms with E-state index in [1.54, 1.807) is 37.4 Å². The van der Waals surface area contributed by atoms with Crippen molar-refractivity contribution in [1.29, 1.82) is 0 Å². The molecule has 132 valence electrons. The fourth-order valence-corrected chi connectivity index (χ4v) is 2.82. The molecule has 0 unspecified atom stereocenters. The van der Waals surface area contributed by atoms with Crippen LogP contribution in [0.3, 0.4) is 0 Å². The summed E-state index contributed by atoms with van der Waals surface area (Å²) in [5, 5.41) is 6.82. The monoisotopic (exact) mass is 349 g/mol. The molecule has 3 N–H and O–H groups in total. The lowest BCUT2D eigenvalue weighted by Crippen LogP contribution is -2.27. The van der Waals surface area contributed by atoms with Crippen molar-refractivity contribution in [2.75, 3.05) is 12.4 Å². The van der Waals surface area contributed by atoms with Gasteiger partial charge in [0.25, 0.3) is 11.8 Å². The number of H-pyrrole nitrogens is 1. The number of nitrogens with one attached hydrogen (secondary N) is 3. The molecule has 6 heteroatoms. The number of benzene rings is 2. The Labute approximate surface area is 150 Å². The molecule has 0 spiro atoms. The predicted molar refractivity (Wildman–Crippen MR) is 99.7 cm³/mol.